The highest BCUT2D eigenvalue weighted by Crippen LogP contribution is 2.36. The number of allylic oxidation sites excluding steroid dienone is 1. The summed E-state index contributed by atoms with van der Waals surface area (Å²) >= 11 is 4.73. The summed E-state index contributed by atoms with van der Waals surface area (Å²) in [5, 5.41) is 0. The number of benzene rings is 3. The number of para-hydroxylation sites is 2. The summed E-state index contributed by atoms with van der Waals surface area (Å²) in [5.74, 6) is 0.742. The Morgan fingerprint density at radius 1 is 0.976 bits per heavy atom. The number of nitrogens with zero attached hydrogens (tertiary/aromatic N) is 2. The van der Waals surface area contributed by atoms with Crippen LogP contribution >= 0.6 is 27.3 Å². The van der Waals surface area contributed by atoms with E-state index in [1.165, 1.54) is 11.3 Å². The molecule has 0 amide bonds. The zero-order valence-corrected chi connectivity index (χ0v) is 25.3. The van der Waals surface area contributed by atoms with Gasteiger partial charge >= 0.3 is 5.97 Å². The van der Waals surface area contributed by atoms with Crippen LogP contribution in [0.1, 0.15) is 43.5 Å². The lowest BCUT2D eigenvalue weighted by Crippen LogP contribution is -2.40. The number of aromatic nitrogens is 1. The number of hydrogen-bond acceptors (Lipinski definition) is 7. The van der Waals surface area contributed by atoms with Crippen LogP contribution in [0.25, 0.3) is 6.08 Å². The number of ether oxygens (including phenoxy) is 3. The molecule has 0 aliphatic carbocycles. The van der Waals surface area contributed by atoms with Gasteiger partial charge in [-0.05, 0) is 56.7 Å². The van der Waals surface area contributed by atoms with Crippen LogP contribution in [0.15, 0.2) is 98.3 Å². The Hall–Kier alpha value is -3.95. The summed E-state index contributed by atoms with van der Waals surface area (Å²) in [6.07, 6.45) is 1.82. The molecule has 1 aromatic heterocycles. The molecular formula is C32H29BrN2O5S. The molecule has 0 fully saturated rings. The van der Waals surface area contributed by atoms with E-state index in [2.05, 4.69) is 20.9 Å². The molecule has 2 heterocycles. The van der Waals surface area contributed by atoms with Crippen molar-refractivity contribution in [1.29, 1.82) is 0 Å². The molecule has 0 saturated heterocycles. The van der Waals surface area contributed by atoms with Crippen molar-refractivity contribution in [3.05, 3.63) is 125 Å². The maximum absolute atomic E-state index is 14.0. The average molecular weight is 634 g/mol. The fourth-order valence-electron chi connectivity index (χ4n) is 4.69. The highest BCUT2D eigenvalue weighted by molar-refractivity contribution is 9.10. The zero-order valence-electron chi connectivity index (χ0n) is 22.9. The Morgan fingerprint density at radius 3 is 2.41 bits per heavy atom. The fourth-order valence-corrected chi connectivity index (χ4v) is 6.00. The van der Waals surface area contributed by atoms with Crippen LogP contribution in [0.4, 0.5) is 0 Å². The van der Waals surface area contributed by atoms with Gasteiger partial charge in [0.15, 0.2) is 4.80 Å². The minimum absolute atomic E-state index is 0.205. The van der Waals surface area contributed by atoms with Gasteiger partial charge in [-0.3, -0.25) is 9.36 Å². The second kappa shape index (κ2) is 12.7. The first-order valence-electron chi connectivity index (χ1n) is 13.3. The van der Waals surface area contributed by atoms with Crippen LogP contribution in [-0.4, -0.2) is 23.8 Å². The smallest absolute Gasteiger partial charge is 0.338 e. The van der Waals surface area contributed by atoms with Crippen LogP contribution in [0, 0.1) is 0 Å². The molecule has 0 bridgehead atoms. The Kier molecular flexibility index (Phi) is 8.85. The first-order chi connectivity index (χ1) is 19.9. The van der Waals surface area contributed by atoms with Crippen molar-refractivity contribution in [3.63, 3.8) is 0 Å². The van der Waals surface area contributed by atoms with Crippen molar-refractivity contribution in [3.8, 4) is 11.5 Å². The molecule has 0 saturated carbocycles. The molecule has 0 spiro atoms. The van der Waals surface area contributed by atoms with Gasteiger partial charge in [0.25, 0.3) is 5.56 Å². The molecular weight excluding hydrogens is 604 g/mol. The van der Waals surface area contributed by atoms with Gasteiger partial charge < -0.3 is 14.2 Å². The van der Waals surface area contributed by atoms with Crippen molar-refractivity contribution in [1.82, 2.24) is 4.57 Å². The van der Waals surface area contributed by atoms with E-state index in [4.69, 9.17) is 14.2 Å². The molecule has 0 radical (unpaired) electrons. The maximum atomic E-state index is 14.0. The van der Waals surface area contributed by atoms with Gasteiger partial charge in [-0.1, -0.05) is 75.8 Å². The Balaban J connectivity index is 1.62. The largest absolute Gasteiger partial charge is 0.494 e. The van der Waals surface area contributed by atoms with Gasteiger partial charge in [-0.15, -0.1) is 0 Å². The minimum Gasteiger partial charge on any atom is -0.494 e. The van der Waals surface area contributed by atoms with Crippen molar-refractivity contribution >= 4 is 39.3 Å². The van der Waals surface area contributed by atoms with Crippen LogP contribution < -0.4 is 24.4 Å². The summed E-state index contributed by atoms with van der Waals surface area (Å²) < 4.78 is 20.5. The molecule has 1 aliphatic rings. The third-order valence-corrected chi connectivity index (χ3v) is 8.06. The van der Waals surface area contributed by atoms with Crippen molar-refractivity contribution < 1.29 is 19.0 Å². The summed E-state index contributed by atoms with van der Waals surface area (Å²) in [6, 6.07) is 22.2. The summed E-state index contributed by atoms with van der Waals surface area (Å²) in [7, 11) is 0. The van der Waals surface area contributed by atoms with E-state index in [1.807, 2.05) is 85.8 Å². The van der Waals surface area contributed by atoms with Crippen LogP contribution in [-0.2, 0) is 16.1 Å². The third-order valence-electron chi connectivity index (χ3n) is 6.54. The van der Waals surface area contributed by atoms with Gasteiger partial charge in [0.2, 0.25) is 0 Å². The molecule has 4 aromatic rings. The molecule has 1 atom stereocenters. The van der Waals surface area contributed by atoms with E-state index in [-0.39, 0.29) is 12.2 Å². The van der Waals surface area contributed by atoms with E-state index in [9.17, 15) is 9.59 Å². The first-order valence-corrected chi connectivity index (χ1v) is 14.9. The minimum atomic E-state index is -0.751. The third kappa shape index (κ3) is 6.06. The highest BCUT2D eigenvalue weighted by Gasteiger charge is 2.35. The molecule has 7 nitrogen and oxygen atoms in total. The van der Waals surface area contributed by atoms with E-state index in [1.54, 1.807) is 18.4 Å². The topological polar surface area (TPSA) is 79.1 Å². The molecule has 3 aromatic carbocycles. The number of carbonyl (C=O) groups excluding carboxylic acids is 1. The number of fused-ring (bicyclic) bond motifs is 1. The van der Waals surface area contributed by atoms with Gasteiger partial charge in [-0.25, -0.2) is 9.79 Å². The zero-order chi connectivity index (χ0) is 28.9. The second-order valence-electron chi connectivity index (χ2n) is 9.23. The lowest BCUT2D eigenvalue weighted by molar-refractivity contribution is -0.139. The van der Waals surface area contributed by atoms with Crippen LogP contribution in [0.2, 0.25) is 0 Å². The Morgan fingerprint density at radius 2 is 1.68 bits per heavy atom. The molecule has 210 valence electrons. The van der Waals surface area contributed by atoms with Gasteiger partial charge in [0.05, 0.1) is 29.0 Å². The predicted molar refractivity (Wildman–Crippen MR) is 163 cm³/mol. The number of rotatable bonds is 9. The van der Waals surface area contributed by atoms with E-state index in [0.717, 1.165) is 15.6 Å². The maximum Gasteiger partial charge on any atom is 0.338 e. The quantitative estimate of drug-likeness (QED) is 0.226. The van der Waals surface area contributed by atoms with Crippen molar-refractivity contribution in [2.24, 2.45) is 4.99 Å². The molecule has 5 rings (SSSR count). The standard InChI is InChI=1S/C32H29BrN2O5S/c1-4-38-26-13-9-7-11-24(26)29-28(31(37)39-5-2)20(3)34-32-35(29)30(36)27(41-32)18-22-10-6-8-12-25(22)40-19-21-14-16-23(33)17-15-21/h6-18,29H,4-5,19H2,1-3H3/b27-18-/t29-/m1/s1. The SMILES string of the molecule is CCOC(=O)C1=C(C)N=c2s/c(=C\c3ccccc3OCc3ccc(Br)cc3)c(=O)n2[C@@H]1c1ccccc1OCC. The predicted octanol–water partition coefficient (Wildman–Crippen LogP) is 5.54. The monoisotopic (exact) mass is 632 g/mol. The number of thiazole rings is 1. The van der Waals surface area contributed by atoms with E-state index < -0.39 is 12.0 Å². The van der Waals surface area contributed by atoms with Crippen LogP contribution in [0.5, 0.6) is 11.5 Å². The number of esters is 1. The molecule has 9 heteroatoms. The summed E-state index contributed by atoms with van der Waals surface area (Å²) in [4.78, 5) is 32.4. The normalized spacial score (nSPS) is 14.8. The lowest BCUT2D eigenvalue weighted by atomic mass is 9.95. The highest BCUT2D eigenvalue weighted by atomic mass is 79.9. The second-order valence-corrected chi connectivity index (χ2v) is 11.2. The van der Waals surface area contributed by atoms with Crippen molar-refractivity contribution in [2.45, 2.75) is 33.4 Å². The number of hydrogen-bond donors (Lipinski definition) is 0. The van der Waals surface area contributed by atoms with Crippen LogP contribution in [0.3, 0.4) is 0 Å². The first kappa shape index (κ1) is 28.6. The van der Waals surface area contributed by atoms with Gasteiger partial charge in [-0.2, -0.15) is 0 Å². The molecule has 1 aliphatic heterocycles. The van der Waals surface area contributed by atoms with Gasteiger partial charge in [0, 0.05) is 15.6 Å². The van der Waals surface area contributed by atoms with E-state index >= 15 is 0 Å². The molecule has 41 heavy (non-hydrogen) atoms. The fraction of sp³-hybridized carbons (Fsp3) is 0.219. The average Bonchev–Trinajstić information content (AvgIpc) is 3.27. The summed E-state index contributed by atoms with van der Waals surface area (Å²) in [5.41, 5.74) is 3.04. The molecule has 0 unspecified atom stereocenters. The Bertz CT molecular complexity index is 1790. The summed E-state index contributed by atoms with van der Waals surface area (Å²) in [6.45, 7) is 6.44. The molecule has 0 N–H and O–H groups in total. The van der Waals surface area contributed by atoms with Gasteiger partial charge in [0.1, 0.15) is 24.1 Å². The van der Waals surface area contributed by atoms with Crippen molar-refractivity contribution in [2.75, 3.05) is 13.2 Å². The Labute approximate surface area is 250 Å². The lowest BCUT2D eigenvalue weighted by Gasteiger charge is -2.26. The number of halogens is 1. The van der Waals surface area contributed by atoms with E-state index in [0.29, 0.717) is 50.9 Å². The number of carbonyl (C=O) groups is 1.